The second-order valence-corrected chi connectivity index (χ2v) is 4.37. The molecule has 0 aromatic heterocycles. The van der Waals surface area contributed by atoms with Gasteiger partial charge in [0.25, 0.3) is 0 Å². The van der Waals surface area contributed by atoms with Crippen LogP contribution < -0.4 is 0 Å². The molecule has 1 rings (SSSR count). The van der Waals surface area contributed by atoms with Crippen molar-refractivity contribution in [2.24, 2.45) is 0 Å². The maximum absolute atomic E-state index is 2.42. The second-order valence-electron chi connectivity index (χ2n) is 3.29. The molecule has 12 heavy (non-hydrogen) atoms. The van der Waals surface area contributed by atoms with Crippen LogP contribution in [-0.4, -0.2) is 4.43 Å². The summed E-state index contributed by atoms with van der Waals surface area (Å²) in [6.45, 7) is 6.58. The molecule has 0 unspecified atom stereocenters. The fraction of sp³-hybridized carbons (Fsp3) is 0.455. The quantitative estimate of drug-likeness (QED) is 0.571. The molecule has 0 heterocycles. The van der Waals surface area contributed by atoms with Crippen LogP contribution in [-0.2, 0) is 6.42 Å². The third kappa shape index (κ3) is 2.22. The first kappa shape index (κ1) is 10.0. The lowest BCUT2D eigenvalue weighted by atomic mass is 10.00. The highest BCUT2D eigenvalue weighted by Gasteiger charge is 1.99. The summed E-state index contributed by atoms with van der Waals surface area (Å²) in [6, 6.07) is 4.61. The summed E-state index contributed by atoms with van der Waals surface area (Å²) in [5, 5.41) is 0. The molecule has 0 saturated carbocycles. The van der Waals surface area contributed by atoms with E-state index in [0.29, 0.717) is 0 Å². The van der Waals surface area contributed by atoms with Crippen molar-refractivity contribution in [2.45, 2.75) is 27.2 Å². The monoisotopic (exact) mass is 274 g/mol. The first-order valence-corrected chi connectivity index (χ1v) is 5.80. The van der Waals surface area contributed by atoms with E-state index < -0.39 is 0 Å². The molecule has 0 radical (unpaired) electrons. The highest BCUT2D eigenvalue weighted by molar-refractivity contribution is 14.1. The third-order valence-electron chi connectivity index (χ3n) is 2.37. The van der Waals surface area contributed by atoms with E-state index in [0.717, 1.165) is 0 Å². The van der Waals surface area contributed by atoms with Gasteiger partial charge in [-0.1, -0.05) is 34.7 Å². The molecule has 0 aliphatic carbocycles. The minimum Gasteiger partial charge on any atom is -0.0860 e. The molecule has 0 fully saturated rings. The van der Waals surface area contributed by atoms with Crippen LogP contribution in [0.1, 0.15) is 22.3 Å². The lowest BCUT2D eigenvalue weighted by Gasteiger charge is -2.07. The molecule has 0 aliphatic heterocycles. The van der Waals surface area contributed by atoms with Crippen LogP contribution in [0.25, 0.3) is 0 Å². The Kier molecular flexibility index (Phi) is 3.56. The Hall–Kier alpha value is -0.0500. The van der Waals surface area contributed by atoms with E-state index in [9.17, 15) is 0 Å². The summed E-state index contributed by atoms with van der Waals surface area (Å²) in [5.74, 6) is 0. The molecule has 0 nitrogen and oxygen atoms in total. The van der Waals surface area contributed by atoms with E-state index in [2.05, 4.69) is 55.5 Å². The maximum Gasteiger partial charge on any atom is 0.00358 e. The van der Waals surface area contributed by atoms with E-state index in [1.165, 1.54) is 33.1 Å². The second kappa shape index (κ2) is 4.26. The summed E-state index contributed by atoms with van der Waals surface area (Å²) in [7, 11) is 0. The smallest absolute Gasteiger partial charge is 0.00358 e. The van der Waals surface area contributed by atoms with Crippen LogP contribution >= 0.6 is 22.6 Å². The zero-order valence-corrected chi connectivity index (χ0v) is 10.1. The van der Waals surface area contributed by atoms with Gasteiger partial charge in [-0.15, -0.1) is 0 Å². The van der Waals surface area contributed by atoms with Crippen molar-refractivity contribution in [1.29, 1.82) is 0 Å². The van der Waals surface area contributed by atoms with Gasteiger partial charge in [0.15, 0.2) is 0 Å². The van der Waals surface area contributed by atoms with Crippen molar-refractivity contribution >= 4 is 22.6 Å². The predicted molar refractivity (Wildman–Crippen MR) is 63.2 cm³/mol. The minimum atomic E-state index is 1.20. The zero-order valence-electron chi connectivity index (χ0n) is 7.95. The summed E-state index contributed by atoms with van der Waals surface area (Å²) in [4.78, 5) is 0. The Morgan fingerprint density at radius 3 is 2.00 bits per heavy atom. The number of rotatable bonds is 2. The van der Waals surface area contributed by atoms with Gasteiger partial charge in [-0.25, -0.2) is 0 Å². The zero-order chi connectivity index (χ0) is 9.14. The largest absolute Gasteiger partial charge is 0.0860 e. The SMILES string of the molecule is Cc1cc(CCI)cc(C)c1C. The average molecular weight is 274 g/mol. The average Bonchev–Trinajstić information content (AvgIpc) is 2.01. The van der Waals surface area contributed by atoms with Crippen LogP contribution in [0.4, 0.5) is 0 Å². The van der Waals surface area contributed by atoms with E-state index in [1.54, 1.807) is 0 Å². The molecule has 0 aliphatic rings. The van der Waals surface area contributed by atoms with Gasteiger partial charge in [0.2, 0.25) is 0 Å². The molecular weight excluding hydrogens is 259 g/mol. The lowest BCUT2D eigenvalue weighted by Crippen LogP contribution is -1.92. The number of aryl methyl sites for hydroxylation is 3. The summed E-state index contributed by atoms with van der Waals surface area (Å²) in [5.41, 5.74) is 5.77. The van der Waals surface area contributed by atoms with Crippen LogP contribution in [0.15, 0.2) is 12.1 Å². The standard InChI is InChI=1S/C11H15I/c1-8-6-11(4-5-12)7-9(2)10(8)3/h6-7H,4-5H2,1-3H3. The molecule has 66 valence electrons. The van der Waals surface area contributed by atoms with E-state index in [1.807, 2.05) is 0 Å². The van der Waals surface area contributed by atoms with Gasteiger partial charge in [-0.2, -0.15) is 0 Å². The Balaban J connectivity index is 3.04. The van der Waals surface area contributed by atoms with Crippen LogP contribution in [0.5, 0.6) is 0 Å². The fourth-order valence-electron chi connectivity index (χ4n) is 1.38. The van der Waals surface area contributed by atoms with Crippen LogP contribution in [0.3, 0.4) is 0 Å². The molecule has 0 spiro atoms. The number of benzene rings is 1. The van der Waals surface area contributed by atoms with Gasteiger partial charge in [0.05, 0.1) is 0 Å². The first-order chi connectivity index (χ1) is 5.65. The summed E-state index contributed by atoms with van der Waals surface area (Å²) in [6.07, 6.45) is 1.20. The normalized spacial score (nSPS) is 10.3. The summed E-state index contributed by atoms with van der Waals surface area (Å²) >= 11 is 2.42. The number of alkyl halides is 1. The third-order valence-corrected chi connectivity index (χ3v) is 2.91. The van der Waals surface area contributed by atoms with Crippen molar-refractivity contribution in [3.63, 3.8) is 0 Å². The lowest BCUT2D eigenvalue weighted by molar-refractivity contribution is 1.13. The molecule has 0 saturated heterocycles. The Bertz CT molecular complexity index is 253. The van der Waals surface area contributed by atoms with Gasteiger partial charge < -0.3 is 0 Å². The number of hydrogen-bond acceptors (Lipinski definition) is 0. The van der Waals surface area contributed by atoms with Crippen molar-refractivity contribution in [3.8, 4) is 0 Å². The number of halogens is 1. The first-order valence-electron chi connectivity index (χ1n) is 4.28. The Morgan fingerprint density at radius 2 is 1.58 bits per heavy atom. The molecule has 0 bridgehead atoms. The molecule has 0 N–H and O–H groups in total. The molecule has 1 aromatic rings. The van der Waals surface area contributed by atoms with Crippen molar-refractivity contribution < 1.29 is 0 Å². The highest BCUT2D eigenvalue weighted by Crippen LogP contribution is 2.16. The Labute approximate surface area is 88.5 Å². The van der Waals surface area contributed by atoms with Gasteiger partial charge in [-0.05, 0) is 49.4 Å². The van der Waals surface area contributed by atoms with Crippen LogP contribution in [0, 0.1) is 20.8 Å². The number of hydrogen-bond donors (Lipinski definition) is 0. The van der Waals surface area contributed by atoms with Crippen molar-refractivity contribution in [2.75, 3.05) is 4.43 Å². The predicted octanol–water partition coefficient (Wildman–Crippen LogP) is 3.59. The van der Waals surface area contributed by atoms with Crippen molar-refractivity contribution in [1.82, 2.24) is 0 Å². The molecule has 1 aromatic carbocycles. The minimum absolute atomic E-state index is 1.20. The van der Waals surface area contributed by atoms with Crippen molar-refractivity contribution in [3.05, 3.63) is 34.4 Å². The highest BCUT2D eigenvalue weighted by atomic mass is 127. The molecule has 1 heteroatoms. The van der Waals surface area contributed by atoms with E-state index in [-0.39, 0.29) is 0 Å². The van der Waals surface area contributed by atoms with Gasteiger partial charge in [-0.3, -0.25) is 0 Å². The van der Waals surface area contributed by atoms with Gasteiger partial charge in [0.1, 0.15) is 0 Å². The molecular formula is C11H15I. The Morgan fingerprint density at radius 1 is 1.08 bits per heavy atom. The molecule has 0 amide bonds. The fourth-order valence-corrected chi connectivity index (χ4v) is 2.00. The van der Waals surface area contributed by atoms with Gasteiger partial charge >= 0.3 is 0 Å². The molecule has 0 atom stereocenters. The van der Waals surface area contributed by atoms with Crippen LogP contribution in [0.2, 0.25) is 0 Å². The maximum atomic E-state index is 2.42. The van der Waals surface area contributed by atoms with Gasteiger partial charge in [0, 0.05) is 4.43 Å². The topological polar surface area (TPSA) is 0 Å². The van der Waals surface area contributed by atoms with E-state index >= 15 is 0 Å². The summed E-state index contributed by atoms with van der Waals surface area (Å²) < 4.78 is 1.21. The van der Waals surface area contributed by atoms with E-state index in [4.69, 9.17) is 0 Å².